The van der Waals surface area contributed by atoms with E-state index >= 15 is 0 Å². The van der Waals surface area contributed by atoms with Gasteiger partial charge in [-0.05, 0) is 11.6 Å². The van der Waals surface area contributed by atoms with Gasteiger partial charge in [0, 0.05) is 6.42 Å². The Bertz CT molecular complexity index is 296. The third kappa shape index (κ3) is 0.942. The molecule has 0 saturated carbocycles. The number of phenols is 1. The van der Waals surface area contributed by atoms with Gasteiger partial charge in [0.15, 0.2) is 0 Å². The highest BCUT2D eigenvalue weighted by atomic mass is 35.5. The Kier molecular flexibility index (Phi) is 1.43. The van der Waals surface area contributed by atoms with E-state index in [2.05, 4.69) is 0 Å². The smallest absolute Gasteiger partial charge is 0.145 e. The molecule has 2 rings (SSSR count). The van der Waals surface area contributed by atoms with Crippen LogP contribution >= 0.6 is 11.6 Å². The van der Waals surface area contributed by atoms with Gasteiger partial charge in [-0.25, -0.2) is 0 Å². The number of fused-ring (bicyclic) bond motifs is 1. The Morgan fingerprint density at radius 2 is 2.27 bits per heavy atom. The fraction of sp³-hybridized carbons (Fsp3) is 0.250. The molecule has 0 spiro atoms. The molecule has 1 aromatic carbocycles. The van der Waals surface area contributed by atoms with Gasteiger partial charge in [-0.2, -0.15) is 0 Å². The van der Waals surface area contributed by atoms with E-state index in [1.54, 1.807) is 6.07 Å². The summed E-state index contributed by atoms with van der Waals surface area (Å²) in [6, 6.07) is 3.43. The first-order valence-corrected chi connectivity index (χ1v) is 3.80. The second kappa shape index (κ2) is 2.31. The van der Waals surface area contributed by atoms with Crippen molar-refractivity contribution in [1.82, 2.24) is 0 Å². The van der Waals surface area contributed by atoms with Gasteiger partial charge >= 0.3 is 0 Å². The summed E-state index contributed by atoms with van der Waals surface area (Å²) in [4.78, 5) is 0. The maximum absolute atomic E-state index is 9.17. The molecule has 0 atom stereocenters. The standard InChI is InChI=1S/C8H7ClO2/c9-7-6(10)2-1-5-3-4-11-8(5)7/h1-2,10H,3-4H2. The minimum atomic E-state index is 0.0901. The van der Waals surface area contributed by atoms with Gasteiger partial charge in [0.05, 0.1) is 6.61 Å². The average molecular weight is 171 g/mol. The Morgan fingerprint density at radius 1 is 1.45 bits per heavy atom. The van der Waals surface area contributed by atoms with Gasteiger partial charge in [0.1, 0.15) is 16.5 Å². The van der Waals surface area contributed by atoms with Crippen molar-refractivity contribution in [2.45, 2.75) is 6.42 Å². The summed E-state index contributed by atoms with van der Waals surface area (Å²) in [6.45, 7) is 0.665. The van der Waals surface area contributed by atoms with Gasteiger partial charge in [-0.15, -0.1) is 0 Å². The molecule has 0 unspecified atom stereocenters. The zero-order valence-corrected chi connectivity index (χ0v) is 6.56. The minimum absolute atomic E-state index is 0.0901. The molecule has 0 amide bonds. The van der Waals surface area contributed by atoms with E-state index < -0.39 is 0 Å². The minimum Gasteiger partial charge on any atom is -0.506 e. The van der Waals surface area contributed by atoms with Crippen LogP contribution in [0, 0.1) is 0 Å². The number of benzene rings is 1. The van der Waals surface area contributed by atoms with Gasteiger partial charge < -0.3 is 9.84 Å². The van der Waals surface area contributed by atoms with Gasteiger partial charge in [-0.1, -0.05) is 17.7 Å². The highest BCUT2D eigenvalue weighted by Gasteiger charge is 2.17. The molecule has 3 heteroatoms. The second-order valence-corrected chi connectivity index (χ2v) is 2.86. The lowest BCUT2D eigenvalue weighted by molar-refractivity contribution is 0.355. The topological polar surface area (TPSA) is 29.5 Å². The number of hydrogen-bond donors (Lipinski definition) is 1. The Morgan fingerprint density at radius 3 is 3.09 bits per heavy atom. The summed E-state index contributed by atoms with van der Waals surface area (Å²) in [7, 11) is 0. The third-order valence-electron chi connectivity index (χ3n) is 1.78. The van der Waals surface area contributed by atoms with E-state index in [4.69, 9.17) is 16.3 Å². The quantitative estimate of drug-likeness (QED) is 0.645. The van der Waals surface area contributed by atoms with E-state index in [0.717, 1.165) is 12.0 Å². The molecule has 2 nitrogen and oxygen atoms in total. The van der Waals surface area contributed by atoms with Crippen LogP contribution in [-0.2, 0) is 6.42 Å². The Balaban J connectivity index is 2.62. The number of hydrogen-bond acceptors (Lipinski definition) is 2. The largest absolute Gasteiger partial charge is 0.506 e. The summed E-state index contributed by atoms with van der Waals surface area (Å²) >= 11 is 5.76. The maximum Gasteiger partial charge on any atom is 0.145 e. The van der Waals surface area contributed by atoms with Crippen molar-refractivity contribution in [3.63, 3.8) is 0 Å². The Hall–Kier alpha value is -0.890. The molecule has 1 aliphatic rings. The summed E-state index contributed by atoms with van der Waals surface area (Å²) in [5.41, 5.74) is 1.08. The van der Waals surface area contributed by atoms with Crippen LogP contribution in [0.3, 0.4) is 0 Å². The molecule has 1 aromatic rings. The molecular formula is C8H7ClO2. The van der Waals surface area contributed by atoms with Crippen LogP contribution in [-0.4, -0.2) is 11.7 Å². The molecular weight excluding hydrogens is 164 g/mol. The van der Waals surface area contributed by atoms with Crippen molar-refractivity contribution >= 4 is 11.6 Å². The lowest BCUT2D eigenvalue weighted by Gasteiger charge is -2.02. The first-order valence-electron chi connectivity index (χ1n) is 3.42. The zero-order chi connectivity index (χ0) is 7.84. The summed E-state index contributed by atoms with van der Waals surface area (Å²) in [5.74, 6) is 0.735. The van der Waals surface area contributed by atoms with Crippen LogP contribution in [0.15, 0.2) is 12.1 Å². The van der Waals surface area contributed by atoms with Crippen molar-refractivity contribution in [3.05, 3.63) is 22.7 Å². The fourth-order valence-electron chi connectivity index (χ4n) is 1.20. The van der Waals surface area contributed by atoms with Crippen LogP contribution in [0.25, 0.3) is 0 Å². The van der Waals surface area contributed by atoms with Crippen LogP contribution in [0.1, 0.15) is 5.56 Å². The fourth-order valence-corrected chi connectivity index (χ4v) is 1.44. The van der Waals surface area contributed by atoms with Crippen LogP contribution < -0.4 is 4.74 Å². The molecule has 0 fully saturated rings. The van der Waals surface area contributed by atoms with Crippen molar-refractivity contribution in [2.75, 3.05) is 6.61 Å². The lowest BCUT2D eigenvalue weighted by atomic mass is 10.2. The second-order valence-electron chi connectivity index (χ2n) is 2.49. The number of aromatic hydroxyl groups is 1. The van der Waals surface area contributed by atoms with Crippen LogP contribution in [0.5, 0.6) is 11.5 Å². The average Bonchev–Trinajstić information content (AvgIpc) is 2.45. The molecule has 0 bridgehead atoms. The summed E-state index contributed by atoms with van der Waals surface area (Å²) in [5, 5.41) is 9.50. The summed E-state index contributed by atoms with van der Waals surface area (Å²) in [6.07, 6.45) is 0.884. The highest BCUT2D eigenvalue weighted by molar-refractivity contribution is 6.33. The van der Waals surface area contributed by atoms with Gasteiger partial charge in [0.25, 0.3) is 0 Å². The predicted octanol–water partition coefficient (Wildman–Crippen LogP) is 1.98. The normalized spacial score (nSPS) is 14.3. The molecule has 0 aromatic heterocycles. The van der Waals surface area contributed by atoms with E-state index in [9.17, 15) is 5.11 Å². The zero-order valence-electron chi connectivity index (χ0n) is 5.80. The first kappa shape index (κ1) is 6.80. The number of ether oxygens (including phenoxy) is 1. The third-order valence-corrected chi connectivity index (χ3v) is 2.14. The van der Waals surface area contributed by atoms with Crippen molar-refractivity contribution in [2.24, 2.45) is 0 Å². The molecule has 1 aliphatic heterocycles. The lowest BCUT2D eigenvalue weighted by Crippen LogP contribution is -1.86. The Labute approximate surface area is 69.4 Å². The molecule has 1 heterocycles. The van der Waals surface area contributed by atoms with Gasteiger partial charge in [0.2, 0.25) is 0 Å². The predicted molar refractivity (Wildman–Crippen MR) is 42.3 cm³/mol. The monoisotopic (exact) mass is 170 g/mol. The number of halogens is 1. The number of rotatable bonds is 0. The van der Waals surface area contributed by atoms with Crippen molar-refractivity contribution < 1.29 is 9.84 Å². The van der Waals surface area contributed by atoms with E-state index in [1.165, 1.54) is 0 Å². The van der Waals surface area contributed by atoms with E-state index in [0.29, 0.717) is 17.4 Å². The van der Waals surface area contributed by atoms with Gasteiger partial charge in [-0.3, -0.25) is 0 Å². The van der Waals surface area contributed by atoms with E-state index in [-0.39, 0.29) is 5.75 Å². The van der Waals surface area contributed by atoms with Crippen molar-refractivity contribution in [1.29, 1.82) is 0 Å². The van der Waals surface area contributed by atoms with Crippen molar-refractivity contribution in [3.8, 4) is 11.5 Å². The van der Waals surface area contributed by atoms with E-state index in [1.807, 2.05) is 6.07 Å². The maximum atomic E-state index is 9.17. The number of phenolic OH excluding ortho intramolecular Hbond substituents is 1. The molecule has 0 aliphatic carbocycles. The SMILES string of the molecule is Oc1ccc2c(c1Cl)OCC2. The summed E-state index contributed by atoms with van der Waals surface area (Å²) < 4.78 is 5.22. The molecule has 0 radical (unpaired) electrons. The van der Waals surface area contributed by atoms with Crippen LogP contribution in [0.4, 0.5) is 0 Å². The van der Waals surface area contributed by atoms with Crippen LogP contribution in [0.2, 0.25) is 5.02 Å². The first-order chi connectivity index (χ1) is 5.29. The molecule has 58 valence electrons. The molecule has 0 saturated heterocycles. The highest BCUT2D eigenvalue weighted by Crippen LogP contribution is 2.39. The molecule has 11 heavy (non-hydrogen) atoms. The molecule has 1 N–H and O–H groups in total.